The minimum absolute atomic E-state index is 0.0124. The number of nitrogens with two attached hydrogens (primary N) is 1. The molecule has 7 heteroatoms. The van der Waals surface area contributed by atoms with Gasteiger partial charge in [-0.15, -0.1) is 0 Å². The summed E-state index contributed by atoms with van der Waals surface area (Å²) in [4.78, 5) is 13.7. The van der Waals surface area contributed by atoms with Gasteiger partial charge < -0.3 is 19.8 Å². The molecule has 156 valence electrons. The highest BCUT2D eigenvalue weighted by Gasteiger charge is 2.36. The van der Waals surface area contributed by atoms with Gasteiger partial charge in [-0.3, -0.25) is 4.79 Å². The third-order valence-corrected chi connectivity index (χ3v) is 5.87. The quantitative estimate of drug-likeness (QED) is 0.607. The molecule has 0 fully saturated rings. The highest BCUT2D eigenvalue weighted by atomic mass is 79.9. The highest BCUT2D eigenvalue weighted by molar-refractivity contribution is 9.10. The number of aromatic nitrogens is 1. The molecule has 2 heterocycles. The summed E-state index contributed by atoms with van der Waals surface area (Å²) in [6, 6.07) is 19.1. The van der Waals surface area contributed by atoms with Crippen LogP contribution < -0.4 is 20.8 Å². The predicted octanol–water partition coefficient (Wildman–Crippen LogP) is 4.19. The van der Waals surface area contributed by atoms with Crippen molar-refractivity contribution in [3.05, 3.63) is 103 Å². The number of pyridine rings is 1. The molecular formula is C24H20BrN3O3. The smallest absolute Gasteiger partial charge is 0.259 e. The molecule has 0 saturated heterocycles. The second kappa shape index (κ2) is 8.32. The average Bonchev–Trinajstić information content (AvgIpc) is 2.76. The second-order valence-electron chi connectivity index (χ2n) is 7.25. The third-order valence-electron chi connectivity index (χ3n) is 5.38. The maximum atomic E-state index is 13.7. The second-order valence-corrected chi connectivity index (χ2v) is 8.17. The molecule has 2 N–H and O–H groups in total. The number of fused-ring (bicyclic) bond motifs is 1. The van der Waals surface area contributed by atoms with Crippen molar-refractivity contribution in [3.8, 4) is 17.6 Å². The summed E-state index contributed by atoms with van der Waals surface area (Å²) < 4.78 is 13.8. The van der Waals surface area contributed by atoms with E-state index in [1.165, 1.54) is 0 Å². The van der Waals surface area contributed by atoms with Gasteiger partial charge in [-0.2, -0.15) is 5.26 Å². The van der Waals surface area contributed by atoms with Crippen molar-refractivity contribution in [3.63, 3.8) is 0 Å². The number of halogens is 1. The van der Waals surface area contributed by atoms with Gasteiger partial charge in [0.25, 0.3) is 5.56 Å². The maximum absolute atomic E-state index is 13.7. The Bertz CT molecular complexity index is 1290. The Morgan fingerprint density at radius 2 is 1.97 bits per heavy atom. The van der Waals surface area contributed by atoms with Crippen molar-refractivity contribution in [2.24, 2.45) is 5.73 Å². The molecule has 6 nitrogen and oxygen atoms in total. The Kier molecular flexibility index (Phi) is 5.57. The van der Waals surface area contributed by atoms with E-state index >= 15 is 0 Å². The van der Waals surface area contributed by atoms with Crippen molar-refractivity contribution < 1.29 is 9.47 Å². The number of methoxy groups -OCH3 is 1. The molecule has 0 amide bonds. The maximum Gasteiger partial charge on any atom is 0.259 e. The summed E-state index contributed by atoms with van der Waals surface area (Å²) in [5.41, 5.74) is 8.80. The number of nitrogens with zero attached hydrogens (tertiary/aromatic N) is 2. The number of ether oxygens (including phenoxy) is 2. The summed E-state index contributed by atoms with van der Waals surface area (Å²) in [5.74, 6) is 0.185. The summed E-state index contributed by atoms with van der Waals surface area (Å²) in [6.07, 6.45) is 0. The first kappa shape index (κ1) is 20.8. The van der Waals surface area contributed by atoms with E-state index in [2.05, 4.69) is 22.0 Å². The Labute approximate surface area is 188 Å². The van der Waals surface area contributed by atoms with Crippen molar-refractivity contribution in [2.75, 3.05) is 7.11 Å². The lowest BCUT2D eigenvalue weighted by Crippen LogP contribution is -2.33. The Hall–Kier alpha value is -3.50. The molecular weight excluding hydrogens is 458 g/mol. The zero-order valence-corrected chi connectivity index (χ0v) is 18.6. The first-order valence-electron chi connectivity index (χ1n) is 9.64. The van der Waals surface area contributed by atoms with Gasteiger partial charge in [-0.05, 0) is 30.7 Å². The van der Waals surface area contributed by atoms with Crippen LogP contribution >= 0.6 is 15.9 Å². The zero-order chi connectivity index (χ0) is 22.1. The molecule has 1 atom stereocenters. The zero-order valence-electron chi connectivity index (χ0n) is 17.1. The number of aryl methyl sites for hydroxylation is 1. The molecule has 1 aliphatic heterocycles. The van der Waals surface area contributed by atoms with Gasteiger partial charge in [0.05, 0.1) is 25.1 Å². The third kappa shape index (κ3) is 3.71. The van der Waals surface area contributed by atoms with E-state index in [0.717, 1.165) is 15.7 Å². The molecule has 3 aromatic rings. The first-order chi connectivity index (χ1) is 14.9. The van der Waals surface area contributed by atoms with Gasteiger partial charge in [0.1, 0.15) is 23.1 Å². The molecule has 31 heavy (non-hydrogen) atoms. The minimum atomic E-state index is -0.712. The fourth-order valence-electron chi connectivity index (χ4n) is 3.89. The summed E-state index contributed by atoms with van der Waals surface area (Å²) in [5, 5.41) is 9.87. The van der Waals surface area contributed by atoms with Crippen LogP contribution in [0, 0.1) is 18.3 Å². The summed E-state index contributed by atoms with van der Waals surface area (Å²) in [6.45, 7) is 2.25. The molecule has 0 aliphatic carbocycles. The normalized spacial score (nSPS) is 15.1. The van der Waals surface area contributed by atoms with E-state index in [9.17, 15) is 10.1 Å². The average molecular weight is 478 g/mol. The monoisotopic (exact) mass is 477 g/mol. The van der Waals surface area contributed by atoms with E-state index < -0.39 is 5.92 Å². The van der Waals surface area contributed by atoms with Crippen molar-refractivity contribution in [2.45, 2.75) is 19.4 Å². The summed E-state index contributed by atoms with van der Waals surface area (Å²) in [7, 11) is 1.55. The van der Waals surface area contributed by atoms with Gasteiger partial charge >= 0.3 is 0 Å². The fourth-order valence-corrected chi connectivity index (χ4v) is 4.27. The SMILES string of the molecule is COc1ccc(Br)cc1[C@@H]1C(C#N)=C(N)Oc2cc(C)n(Cc3ccccc3)c(=O)c21. The van der Waals surface area contributed by atoms with Gasteiger partial charge in [-0.1, -0.05) is 46.3 Å². The van der Waals surface area contributed by atoms with Crippen LogP contribution in [0.25, 0.3) is 0 Å². The van der Waals surface area contributed by atoms with E-state index in [1.807, 2.05) is 49.4 Å². The van der Waals surface area contributed by atoms with Gasteiger partial charge in [0, 0.05) is 21.8 Å². The van der Waals surface area contributed by atoms with Crippen LogP contribution in [-0.4, -0.2) is 11.7 Å². The van der Waals surface area contributed by atoms with Crippen LogP contribution in [0.5, 0.6) is 11.5 Å². The molecule has 1 aromatic heterocycles. The molecule has 4 rings (SSSR count). The van der Waals surface area contributed by atoms with E-state index in [0.29, 0.717) is 29.2 Å². The lowest BCUT2D eigenvalue weighted by atomic mass is 9.83. The molecule has 0 unspecified atom stereocenters. The number of allylic oxidation sites excluding steroid dienone is 1. The van der Waals surface area contributed by atoms with Crippen LogP contribution in [0.2, 0.25) is 0 Å². The summed E-state index contributed by atoms with van der Waals surface area (Å²) >= 11 is 3.48. The minimum Gasteiger partial charge on any atom is -0.496 e. The molecule has 0 radical (unpaired) electrons. The Morgan fingerprint density at radius 1 is 1.23 bits per heavy atom. The Balaban J connectivity index is 1.98. The van der Waals surface area contributed by atoms with Crippen molar-refractivity contribution >= 4 is 15.9 Å². The van der Waals surface area contributed by atoms with Crippen LogP contribution in [0.3, 0.4) is 0 Å². The lowest BCUT2D eigenvalue weighted by molar-refractivity contribution is 0.382. The van der Waals surface area contributed by atoms with Crippen LogP contribution in [0.15, 0.2) is 75.3 Å². The van der Waals surface area contributed by atoms with Crippen LogP contribution in [0.4, 0.5) is 0 Å². The van der Waals surface area contributed by atoms with Crippen molar-refractivity contribution in [1.29, 1.82) is 5.26 Å². The number of hydrogen-bond acceptors (Lipinski definition) is 5. The van der Waals surface area contributed by atoms with Gasteiger partial charge in [-0.25, -0.2) is 0 Å². The molecule has 0 bridgehead atoms. The molecule has 0 spiro atoms. The largest absolute Gasteiger partial charge is 0.496 e. The molecule has 0 saturated carbocycles. The molecule has 2 aromatic carbocycles. The van der Waals surface area contributed by atoms with Crippen molar-refractivity contribution in [1.82, 2.24) is 4.57 Å². The standard InChI is InChI=1S/C24H20BrN3O3/c1-14-10-20-22(24(29)28(14)13-15-6-4-3-5-7-15)21(18(12-26)23(27)31-20)17-11-16(25)8-9-19(17)30-2/h3-11,21H,13,27H2,1-2H3/t21-/m1/s1. The lowest BCUT2D eigenvalue weighted by Gasteiger charge is -2.28. The predicted molar refractivity (Wildman–Crippen MR) is 121 cm³/mol. The van der Waals surface area contributed by atoms with Crippen LogP contribution in [0.1, 0.15) is 28.3 Å². The topological polar surface area (TPSA) is 90.3 Å². The number of benzene rings is 2. The van der Waals surface area contributed by atoms with Gasteiger partial charge in [0.15, 0.2) is 0 Å². The fraction of sp³-hybridized carbons (Fsp3) is 0.167. The first-order valence-corrected chi connectivity index (χ1v) is 10.4. The number of nitriles is 1. The van der Waals surface area contributed by atoms with E-state index in [1.54, 1.807) is 23.8 Å². The number of rotatable bonds is 4. The molecule has 1 aliphatic rings. The Morgan fingerprint density at radius 3 is 2.65 bits per heavy atom. The van der Waals surface area contributed by atoms with E-state index in [-0.39, 0.29) is 17.0 Å². The highest BCUT2D eigenvalue weighted by Crippen LogP contribution is 2.44. The van der Waals surface area contributed by atoms with Crippen LogP contribution in [-0.2, 0) is 6.54 Å². The van der Waals surface area contributed by atoms with E-state index in [4.69, 9.17) is 15.2 Å². The van der Waals surface area contributed by atoms with Gasteiger partial charge in [0.2, 0.25) is 5.88 Å². The number of hydrogen-bond donors (Lipinski definition) is 1.